The van der Waals surface area contributed by atoms with Crippen molar-refractivity contribution in [3.05, 3.63) is 53.6 Å². The van der Waals surface area contributed by atoms with E-state index in [1.54, 1.807) is 12.1 Å². The van der Waals surface area contributed by atoms with Crippen LogP contribution in [-0.2, 0) is 17.8 Å². The Bertz CT molecular complexity index is 624. The summed E-state index contributed by atoms with van der Waals surface area (Å²) in [6, 6.07) is 12.9. The third-order valence-electron chi connectivity index (χ3n) is 2.81. The number of fused-ring (bicyclic) bond motifs is 2. The van der Waals surface area contributed by atoms with Crippen LogP contribution in [0.5, 0.6) is 17.2 Å². The van der Waals surface area contributed by atoms with Crippen LogP contribution < -0.4 is 8.92 Å². The highest BCUT2D eigenvalue weighted by molar-refractivity contribution is 7.74. The van der Waals surface area contributed by atoms with Crippen molar-refractivity contribution >= 4 is 11.4 Å². The monoisotopic (exact) mass is 262 g/mol. The van der Waals surface area contributed by atoms with Crippen LogP contribution in [0, 0.1) is 0 Å². The van der Waals surface area contributed by atoms with E-state index in [-0.39, 0.29) is 0 Å². The van der Waals surface area contributed by atoms with E-state index in [2.05, 4.69) is 0 Å². The molecule has 0 spiro atoms. The Kier molecular flexibility index (Phi) is 2.77. The van der Waals surface area contributed by atoms with E-state index in [1.807, 2.05) is 30.3 Å². The first kappa shape index (κ1) is 11.3. The van der Waals surface area contributed by atoms with E-state index in [4.69, 9.17) is 13.5 Å². The summed E-state index contributed by atoms with van der Waals surface area (Å²) in [5, 5.41) is 0. The molecule has 0 bridgehead atoms. The van der Waals surface area contributed by atoms with Crippen molar-refractivity contribution in [1.29, 1.82) is 0 Å². The van der Waals surface area contributed by atoms with E-state index in [0.29, 0.717) is 17.9 Å². The van der Waals surface area contributed by atoms with Crippen LogP contribution in [0.3, 0.4) is 0 Å². The molecule has 1 aliphatic rings. The van der Waals surface area contributed by atoms with Crippen molar-refractivity contribution in [2.75, 3.05) is 0 Å². The molecule has 1 unspecified atom stereocenters. The highest BCUT2D eigenvalue weighted by atomic mass is 32.2. The molecule has 1 N–H and O–H groups in total. The predicted octanol–water partition coefficient (Wildman–Crippen LogP) is 2.90. The first-order valence-electron chi connectivity index (χ1n) is 5.41. The van der Waals surface area contributed by atoms with E-state index in [0.717, 1.165) is 16.9 Å². The molecule has 2 aromatic carbocycles. The number of hydrogen-bond donors (Lipinski definition) is 1. The van der Waals surface area contributed by atoms with Gasteiger partial charge in [-0.2, -0.15) is 4.21 Å². The zero-order valence-corrected chi connectivity index (χ0v) is 10.1. The van der Waals surface area contributed by atoms with E-state index in [9.17, 15) is 4.21 Å². The normalized spacial score (nSPS) is 14.1. The molecular weight excluding hydrogens is 252 g/mol. The van der Waals surface area contributed by atoms with Crippen LogP contribution in [-0.4, -0.2) is 8.76 Å². The first-order chi connectivity index (χ1) is 8.74. The summed E-state index contributed by atoms with van der Waals surface area (Å²) in [5.74, 6) is 1.85. The van der Waals surface area contributed by atoms with Gasteiger partial charge >= 0.3 is 11.4 Å². The van der Waals surface area contributed by atoms with Gasteiger partial charge in [0, 0.05) is 12.0 Å². The highest BCUT2D eigenvalue weighted by Crippen LogP contribution is 2.40. The Morgan fingerprint density at radius 3 is 2.72 bits per heavy atom. The lowest BCUT2D eigenvalue weighted by molar-refractivity contribution is 0.437. The quantitative estimate of drug-likeness (QED) is 0.721. The van der Waals surface area contributed by atoms with Gasteiger partial charge in [-0.15, -0.1) is 0 Å². The third-order valence-corrected chi connectivity index (χ3v) is 3.13. The summed E-state index contributed by atoms with van der Waals surface area (Å²) in [6.07, 6.45) is 0.624. The van der Waals surface area contributed by atoms with Crippen molar-refractivity contribution in [2.45, 2.75) is 6.42 Å². The van der Waals surface area contributed by atoms with E-state index >= 15 is 0 Å². The van der Waals surface area contributed by atoms with Gasteiger partial charge in [-0.3, -0.25) is 4.55 Å². The van der Waals surface area contributed by atoms with Gasteiger partial charge in [-0.05, 0) is 23.8 Å². The van der Waals surface area contributed by atoms with Crippen LogP contribution in [0.2, 0.25) is 0 Å². The number of rotatable bonds is 2. The summed E-state index contributed by atoms with van der Waals surface area (Å²) in [4.78, 5) is 0. The number of para-hydroxylation sites is 1. The van der Waals surface area contributed by atoms with Crippen molar-refractivity contribution < 1.29 is 17.7 Å². The second-order valence-corrected chi connectivity index (χ2v) is 4.52. The van der Waals surface area contributed by atoms with Crippen LogP contribution in [0.1, 0.15) is 11.1 Å². The zero-order valence-electron chi connectivity index (χ0n) is 9.33. The molecular formula is C13H10O4S. The number of hydrogen-bond acceptors (Lipinski definition) is 3. The largest absolute Gasteiger partial charge is 0.457 e. The van der Waals surface area contributed by atoms with E-state index < -0.39 is 11.4 Å². The molecule has 0 saturated heterocycles. The Hall–Kier alpha value is -1.85. The van der Waals surface area contributed by atoms with Crippen LogP contribution in [0.15, 0.2) is 42.5 Å². The summed E-state index contributed by atoms with van der Waals surface area (Å²) in [6.45, 7) is 0. The molecule has 2 aromatic rings. The molecule has 5 heteroatoms. The molecule has 1 heterocycles. The van der Waals surface area contributed by atoms with Gasteiger partial charge < -0.3 is 8.92 Å². The molecule has 1 atom stereocenters. The second kappa shape index (κ2) is 4.44. The summed E-state index contributed by atoms with van der Waals surface area (Å²) < 4.78 is 30.2. The molecule has 1 aliphatic heterocycles. The summed E-state index contributed by atoms with van der Waals surface area (Å²) in [5.41, 5.74) is 1.82. The number of ether oxygens (including phenoxy) is 1. The van der Waals surface area contributed by atoms with Crippen LogP contribution in [0.4, 0.5) is 0 Å². The van der Waals surface area contributed by atoms with Gasteiger partial charge in [-0.1, -0.05) is 24.3 Å². The summed E-state index contributed by atoms with van der Waals surface area (Å²) in [7, 11) is 0. The fraction of sp³-hybridized carbons (Fsp3) is 0.0769. The Morgan fingerprint density at radius 2 is 1.89 bits per heavy atom. The maximum absolute atomic E-state index is 10.7. The molecule has 0 aromatic heterocycles. The van der Waals surface area contributed by atoms with Gasteiger partial charge in [0.25, 0.3) is 0 Å². The molecule has 0 amide bonds. The van der Waals surface area contributed by atoms with Crippen LogP contribution >= 0.6 is 0 Å². The lowest BCUT2D eigenvalue weighted by Gasteiger charge is -2.21. The first-order valence-corrected chi connectivity index (χ1v) is 6.44. The molecule has 0 aliphatic carbocycles. The Morgan fingerprint density at radius 1 is 1.11 bits per heavy atom. The average molecular weight is 262 g/mol. The minimum absolute atomic E-state index is 0.378. The predicted molar refractivity (Wildman–Crippen MR) is 67.2 cm³/mol. The average Bonchev–Trinajstić information content (AvgIpc) is 2.36. The van der Waals surface area contributed by atoms with Gasteiger partial charge in [0.2, 0.25) is 0 Å². The van der Waals surface area contributed by atoms with Crippen molar-refractivity contribution in [2.24, 2.45) is 0 Å². The maximum Gasteiger partial charge on any atom is 0.357 e. The minimum atomic E-state index is -2.33. The van der Waals surface area contributed by atoms with Gasteiger partial charge in [0.1, 0.15) is 17.2 Å². The second-order valence-electron chi connectivity index (χ2n) is 3.92. The van der Waals surface area contributed by atoms with Crippen LogP contribution in [0.25, 0.3) is 0 Å². The van der Waals surface area contributed by atoms with Gasteiger partial charge in [0.15, 0.2) is 0 Å². The lowest BCUT2D eigenvalue weighted by Crippen LogP contribution is -2.07. The van der Waals surface area contributed by atoms with Gasteiger partial charge in [-0.25, -0.2) is 0 Å². The molecule has 18 heavy (non-hydrogen) atoms. The summed E-state index contributed by atoms with van der Waals surface area (Å²) >= 11 is -2.33. The molecule has 92 valence electrons. The highest BCUT2D eigenvalue weighted by Gasteiger charge is 2.20. The zero-order chi connectivity index (χ0) is 12.5. The Balaban J connectivity index is 2.04. The molecule has 3 rings (SSSR count). The minimum Gasteiger partial charge on any atom is -0.457 e. The fourth-order valence-electron chi connectivity index (χ4n) is 2.03. The van der Waals surface area contributed by atoms with Crippen molar-refractivity contribution in [1.82, 2.24) is 0 Å². The molecule has 0 fully saturated rings. The van der Waals surface area contributed by atoms with Gasteiger partial charge in [0.05, 0.1) is 0 Å². The standard InChI is InChI=1S/C13H10O4S/c14-18(15)17-13-7-3-6-12-10(13)8-9-4-1-2-5-11(9)16-12/h1-7H,8H2,(H,14,15). The van der Waals surface area contributed by atoms with E-state index in [1.165, 1.54) is 0 Å². The fourth-order valence-corrected chi connectivity index (χ4v) is 2.34. The third kappa shape index (κ3) is 1.98. The smallest absolute Gasteiger partial charge is 0.357 e. The lowest BCUT2D eigenvalue weighted by atomic mass is 10.00. The maximum atomic E-state index is 10.7. The van der Waals surface area contributed by atoms with Crippen molar-refractivity contribution in [3.8, 4) is 17.2 Å². The Labute approximate surface area is 107 Å². The topological polar surface area (TPSA) is 55.8 Å². The molecule has 0 radical (unpaired) electrons. The number of benzene rings is 2. The SMILES string of the molecule is O=S(O)Oc1cccc2c1Cc1ccccc1O2. The molecule has 4 nitrogen and oxygen atoms in total. The van der Waals surface area contributed by atoms with Crippen molar-refractivity contribution in [3.63, 3.8) is 0 Å². The molecule has 0 saturated carbocycles.